The smallest absolute Gasteiger partial charge is 0.267 e. The largest absolute Gasteiger partial charge is 0.481 e. The van der Waals surface area contributed by atoms with E-state index in [1.165, 1.54) is 5.56 Å². The Morgan fingerprint density at radius 2 is 1.76 bits per heavy atom. The van der Waals surface area contributed by atoms with E-state index < -0.39 is 0 Å². The molecule has 0 radical (unpaired) electrons. The maximum atomic E-state index is 5.80. The first-order valence-corrected chi connectivity index (χ1v) is 6.70. The molecule has 0 saturated carbocycles. The molecule has 0 aliphatic heterocycles. The van der Waals surface area contributed by atoms with Crippen LogP contribution >= 0.6 is 0 Å². The van der Waals surface area contributed by atoms with Gasteiger partial charge in [-0.25, -0.2) is 0 Å². The SMILES string of the molecule is Cc1ccc(O[C@H](C)c2nc(-c3ccncc3)no2)cc1. The third kappa shape index (κ3) is 3.08. The molecule has 21 heavy (non-hydrogen) atoms. The third-order valence-corrected chi connectivity index (χ3v) is 3.06. The first kappa shape index (κ1) is 13.3. The molecule has 5 heteroatoms. The lowest BCUT2D eigenvalue weighted by Crippen LogP contribution is -2.03. The molecule has 1 atom stereocenters. The Morgan fingerprint density at radius 3 is 2.48 bits per heavy atom. The second kappa shape index (κ2) is 5.75. The van der Waals surface area contributed by atoms with E-state index in [1.807, 2.05) is 50.2 Å². The maximum absolute atomic E-state index is 5.80. The highest BCUT2D eigenvalue weighted by atomic mass is 16.5. The minimum Gasteiger partial charge on any atom is -0.481 e. The number of aryl methyl sites for hydroxylation is 1. The fourth-order valence-electron chi connectivity index (χ4n) is 1.89. The summed E-state index contributed by atoms with van der Waals surface area (Å²) in [6, 6.07) is 11.5. The molecule has 1 aromatic carbocycles. The molecule has 2 heterocycles. The summed E-state index contributed by atoms with van der Waals surface area (Å²) in [5.41, 5.74) is 2.05. The molecule has 2 aromatic heterocycles. The van der Waals surface area contributed by atoms with Crippen molar-refractivity contribution in [3.63, 3.8) is 0 Å². The lowest BCUT2D eigenvalue weighted by Gasteiger charge is -2.10. The van der Waals surface area contributed by atoms with E-state index in [2.05, 4.69) is 15.1 Å². The number of rotatable bonds is 4. The van der Waals surface area contributed by atoms with Crippen molar-refractivity contribution in [3.8, 4) is 17.1 Å². The summed E-state index contributed by atoms with van der Waals surface area (Å²) in [4.78, 5) is 8.33. The Hall–Kier alpha value is -2.69. The number of ether oxygens (including phenoxy) is 1. The molecule has 0 aliphatic carbocycles. The van der Waals surface area contributed by atoms with Crippen LogP contribution < -0.4 is 4.74 Å². The highest BCUT2D eigenvalue weighted by molar-refractivity contribution is 5.52. The van der Waals surface area contributed by atoms with E-state index in [0.29, 0.717) is 11.7 Å². The van der Waals surface area contributed by atoms with Crippen LogP contribution in [0.5, 0.6) is 5.75 Å². The Morgan fingerprint density at radius 1 is 1.05 bits per heavy atom. The van der Waals surface area contributed by atoms with Crippen LogP contribution in [0.25, 0.3) is 11.4 Å². The van der Waals surface area contributed by atoms with Crippen molar-refractivity contribution in [2.45, 2.75) is 20.0 Å². The second-order valence-corrected chi connectivity index (χ2v) is 4.77. The highest BCUT2D eigenvalue weighted by Crippen LogP contribution is 2.23. The molecular weight excluding hydrogens is 266 g/mol. The fraction of sp³-hybridized carbons (Fsp3) is 0.188. The predicted octanol–water partition coefficient (Wildman–Crippen LogP) is 3.58. The van der Waals surface area contributed by atoms with Crippen LogP contribution in [0.1, 0.15) is 24.5 Å². The van der Waals surface area contributed by atoms with Gasteiger partial charge in [0.2, 0.25) is 5.82 Å². The van der Waals surface area contributed by atoms with Crippen LogP contribution in [0.3, 0.4) is 0 Å². The summed E-state index contributed by atoms with van der Waals surface area (Å²) < 4.78 is 11.1. The lowest BCUT2D eigenvalue weighted by atomic mass is 10.2. The number of pyridine rings is 1. The van der Waals surface area contributed by atoms with Crippen LogP contribution in [0, 0.1) is 6.92 Å². The zero-order valence-corrected chi connectivity index (χ0v) is 11.9. The molecule has 0 bridgehead atoms. The Labute approximate surface area is 122 Å². The summed E-state index contributed by atoms with van der Waals surface area (Å²) in [5.74, 6) is 1.76. The number of nitrogens with zero attached hydrogens (tertiary/aromatic N) is 3. The van der Waals surface area contributed by atoms with Gasteiger partial charge >= 0.3 is 0 Å². The van der Waals surface area contributed by atoms with Crippen LogP contribution in [0.4, 0.5) is 0 Å². The van der Waals surface area contributed by atoms with Gasteiger partial charge in [-0.3, -0.25) is 4.98 Å². The molecule has 0 unspecified atom stereocenters. The van der Waals surface area contributed by atoms with Gasteiger partial charge < -0.3 is 9.26 Å². The van der Waals surface area contributed by atoms with Crippen molar-refractivity contribution >= 4 is 0 Å². The molecule has 0 N–H and O–H groups in total. The zero-order valence-electron chi connectivity index (χ0n) is 11.9. The van der Waals surface area contributed by atoms with E-state index in [9.17, 15) is 0 Å². The van der Waals surface area contributed by atoms with Gasteiger partial charge in [0.05, 0.1) is 0 Å². The summed E-state index contributed by atoms with van der Waals surface area (Å²) in [6.07, 6.45) is 3.07. The van der Waals surface area contributed by atoms with E-state index in [-0.39, 0.29) is 6.10 Å². The molecule has 5 nitrogen and oxygen atoms in total. The average Bonchev–Trinajstić information content (AvgIpc) is 3.00. The summed E-state index contributed by atoms with van der Waals surface area (Å²) >= 11 is 0. The molecule has 3 rings (SSSR count). The third-order valence-electron chi connectivity index (χ3n) is 3.06. The van der Waals surface area contributed by atoms with Gasteiger partial charge in [0.25, 0.3) is 5.89 Å². The minimum atomic E-state index is -0.309. The van der Waals surface area contributed by atoms with Gasteiger partial charge in [-0.2, -0.15) is 4.98 Å². The first-order chi connectivity index (χ1) is 10.2. The van der Waals surface area contributed by atoms with Crippen molar-refractivity contribution in [1.82, 2.24) is 15.1 Å². The molecule has 0 spiro atoms. The lowest BCUT2D eigenvalue weighted by molar-refractivity contribution is 0.176. The average molecular weight is 281 g/mol. The van der Waals surface area contributed by atoms with Crippen LogP contribution in [-0.4, -0.2) is 15.1 Å². The van der Waals surface area contributed by atoms with E-state index >= 15 is 0 Å². The molecule has 0 amide bonds. The topological polar surface area (TPSA) is 61.0 Å². The number of aromatic nitrogens is 3. The monoisotopic (exact) mass is 281 g/mol. The number of hydrogen-bond acceptors (Lipinski definition) is 5. The van der Waals surface area contributed by atoms with Crippen LogP contribution in [-0.2, 0) is 0 Å². The quantitative estimate of drug-likeness (QED) is 0.731. The fourth-order valence-corrected chi connectivity index (χ4v) is 1.89. The Bertz CT molecular complexity index is 708. The first-order valence-electron chi connectivity index (χ1n) is 6.70. The standard InChI is InChI=1S/C16H15N3O2/c1-11-3-5-14(6-4-11)20-12(2)16-18-15(19-21-16)13-7-9-17-10-8-13/h3-10,12H,1-2H3/t12-/m1/s1. The van der Waals surface area contributed by atoms with Gasteiger partial charge in [-0.1, -0.05) is 22.9 Å². The van der Waals surface area contributed by atoms with Crippen molar-refractivity contribution in [2.75, 3.05) is 0 Å². The van der Waals surface area contributed by atoms with E-state index in [1.54, 1.807) is 12.4 Å². The van der Waals surface area contributed by atoms with Crippen molar-refractivity contribution in [1.29, 1.82) is 0 Å². The molecule has 0 saturated heterocycles. The maximum Gasteiger partial charge on any atom is 0.267 e. The van der Waals surface area contributed by atoms with Gasteiger partial charge in [0.15, 0.2) is 6.10 Å². The predicted molar refractivity (Wildman–Crippen MR) is 77.8 cm³/mol. The molecule has 3 aromatic rings. The van der Waals surface area contributed by atoms with Crippen molar-refractivity contribution < 1.29 is 9.26 Å². The summed E-state index contributed by atoms with van der Waals surface area (Å²) in [7, 11) is 0. The number of benzene rings is 1. The molecule has 0 aliphatic rings. The molecule has 106 valence electrons. The van der Waals surface area contributed by atoms with Crippen LogP contribution in [0.2, 0.25) is 0 Å². The highest BCUT2D eigenvalue weighted by Gasteiger charge is 2.16. The summed E-state index contributed by atoms with van der Waals surface area (Å²) in [6.45, 7) is 3.91. The van der Waals surface area contributed by atoms with Gasteiger partial charge in [-0.15, -0.1) is 0 Å². The van der Waals surface area contributed by atoms with Gasteiger partial charge in [0, 0.05) is 18.0 Å². The zero-order chi connectivity index (χ0) is 14.7. The Kier molecular flexibility index (Phi) is 3.64. The van der Waals surface area contributed by atoms with Crippen LogP contribution in [0.15, 0.2) is 53.3 Å². The van der Waals surface area contributed by atoms with Gasteiger partial charge in [-0.05, 0) is 38.1 Å². The van der Waals surface area contributed by atoms with Crippen molar-refractivity contribution in [2.24, 2.45) is 0 Å². The number of hydrogen-bond donors (Lipinski definition) is 0. The Balaban J connectivity index is 1.75. The molecular formula is C16H15N3O2. The molecule has 0 fully saturated rings. The van der Waals surface area contributed by atoms with Crippen molar-refractivity contribution in [3.05, 3.63) is 60.2 Å². The summed E-state index contributed by atoms with van der Waals surface area (Å²) in [5, 5.41) is 3.97. The van der Waals surface area contributed by atoms with E-state index in [4.69, 9.17) is 9.26 Å². The van der Waals surface area contributed by atoms with E-state index in [0.717, 1.165) is 11.3 Å². The normalized spacial score (nSPS) is 12.1. The minimum absolute atomic E-state index is 0.309. The second-order valence-electron chi connectivity index (χ2n) is 4.77. The van der Waals surface area contributed by atoms with Gasteiger partial charge in [0.1, 0.15) is 5.75 Å².